The average Bonchev–Trinajstić information content (AvgIpc) is 3.42. The zero-order valence-electron chi connectivity index (χ0n) is 18.5. The van der Waals surface area contributed by atoms with Gasteiger partial charge in [-0.15, -0.1) is 10.2 Å². The smallest absolute Gasteiger partial charge is 0.243 e. The Morgan fingerprint density at radius 3 is 2.55 bits per heavy atom. The molecule has 1 atom stereocenters. The summed E-state index contributed by atoms with van der Waals surface area (Å²) in [5.41, 5.74) is 1.26. The molecular formula is C22H26N6O4S. The Morgan fingerprint density at radius 2 is 1.85 bits per heavy atom. The second-order valence-corrected chi connectivity index (χ2v) is 9.69. The highest BCUT2D eigenvalue weighted by Crippen LogP contribution is 2.27. The van der Waals surface area contributed by atoms with Crippen LogP contribution in [0.2, 0.25) is 0 Å². The van der Waals surface area contributed by atoms with Crippen molar-refractivity contribution in [3.63, 3.8) is 0 Å². The normalized spacial score (nSPS) is 16.6. The van der Waals surface area contributed by atoms with E-state index >= 15 is 0 Å². The van der Waals surface area contributed by atoms with Gasteiger partial charge in [-0.25, -0.2) is 8.42 Å². The van der Waals surface area contributed by atoms with Gasteiger partial charge < -0.3 is 10.2 Å². The SMILES string of the molecule is CCN(CC)S(=O)(=O)c1ccc(N2C[C@@H](C(=O)NCc3nnc4ccccn34)CC2=O)cc1. The Kier molecular flexibility index (Phi) is 6.43. The number of anilines is 1. The predicted octanol–water partition coefficient (Wildman–Crippen LogP) is 1.43. The first-order chi connectivity index (χ1) is 15.8. The molecule has 0 radical (unpaired) electrons. The summed E-state index contributed by atoms with van der Waals surface area (Å²) in [4.78, 5) is 27.0. The Morgan fingerprint density at radius 1 is 1.12 bits per heavy atom. The second kappa shape index (κ2) is 9.28. The van der Waals surface area contributed by atoms with E-state index in [1.54, 1.807) is 30.4 Å². The molecule has 1 aliphatic rings. The molecule has 10 nitrogen and oxygen atoms in total. The highest BCUT2D eigenvalue weighted by molar-refractivity contribution is 7.89. The van der Waals surface area contributed by atoms with Gasteiger partial charge in [0.15, 0.2) is 11.5 Å². The summed E-state index contributed by atoms with van der Waals surface area (Å²) in [6.45, 7) is 4.77. The first-order valence-corrected chi connectivity index (χ1v) is 12.3. The van der Waals surface area contributed by atoms with Crippen LogP contribution in [0, 0.1) is 5.92 Å². The third-order valence-corrected chi connectivity index (χ3v) is 7.86. The first kappa shape index (κ1) is 22.9. The van der Waals surface area contributed by atoms with Gasteiger partial charge in [0.05, 0.1) is 17.4 Å². The number of carbonyl (C=O) groups is 2. The van der Waals surface area contributed by atoms with Gasteiger partial charge in [0.25, 0.3) is 0 Å². The molecule has 0 saturated carbocycles. The summed E-state index contributed by atoms with van der Waals surface area (Å²) >= 11 is 0. The number of fused-ring (bicyclic) bond motifs is 1. The van der Waals surface area contributed by atoms with Crippen molar-refractivity contribution in [1.82, 2.24) is 24.2 Å². The van der Waals surface area contributed by atoms with Gasteiger partial charge in [0.2, 0.25) is 21.8 Å². The number of pyridine rings is 1. The molecule has 1 N–H and O–H groups in total. The molecule has 11 heteroatoms. The van der Waals surface area contributed by atoms with Gasteiger partial charge in [-0.3, -0.25) is 14.0 Å². The third kappa shape index (κ3) is 4.46. The number of hydrogen-bond donors (Lipinski definition) is 1. The van der Waals surface area contributed by atoms with Crippen LogP contribution in [0.15, 0.2) is 53.6 Å². The van der Waals surface area contributed by atoms with Gasteiger partial charge in [-0.05, 0) is 36.4 Å². The van der Waals surface area contributed by atoms with Crippen LogP contribution in [-0.2, 0) is 26.2 Å². The molecule has 0 unspecified atom stereocenters. The molecule has 0 spiro atoms. The fraction of sp³-hybridized carbons (Fsp3) is 0.364. The Bertz CT molecular complexity index is 1270. The summed E-state index contributed by atoms with van der Waals surface area (Å²) in [6.07, 6.45) is 1.91. The third-order valence-electron chi connectivity index (χ3n) is 5.79. The summed E-state index contributed by atoms with van der Waals surface area (Å²) < 4.78 is 28.5. The molecular weight excluding hydrogens is 444 g/mol. The van der Waals surface area contributed by atoms with Gasteiger partial charge >= 0.3 is 0 Å². The lowest BCUT2D eigenvalue weighted by Crippen LogP contribution is -2.33. The number of benzene rings is 1. The first-order valence-electron chi connectivity index (χ1n) is 10.8. The topological polar surface area (TPSA) is 117 Å². The number of amides is 2. The maximum atomic E-state index is 12.7. The van der Waals surface area contributed by atoms with Crippen molar-refractivity contribution < 1.29 is 18.0 Å². The van der Waals surface area contributed by atoms with Crippen LogP contribution < -0.4 is 10.2 Å². The summed E-state index contributed by atoms with van der Waals surface area (Å²) in [7, 11) is -3.57. The molecule has 1 fully saturated rings. The minimum absolute atomic E-state index is 0.0892. The van der Waals surface area contributed by atoms with E-state index in [-0.39, 0.29) is 36.2 Å². The lowest BCUT2D eigenvalue weighted by Gasteiger charge is -2.20. The largest absolute Gasteiger partial charge is 0.348 e. The summed E-state index contributed by atoms with van der Waals surface area (Å²) in [5.74, 6) is -0.317. The molecule has 3 aromatic rings. The van der Waals surface area contributed by atoms with E-state index in [0.29, 0.717) is 30.2 Å². The van der Waals surface area contributed by atoms with E-state index in [9.17, 15) is 18.0 Å². The van der Waals surface area contributed by atoms with Crippen LogP contribution >= 0.6 is 0 Å². The molecule has 3 heterocycles. The van der Waals surface area contributed by atoms with Crippen molar-refractivity contribution in [3.8, 4) is 0 Å². The fourth-order valence-electron chi connectivity index (χ4n) is 3.97. The predicted molar refractivity (Wildman–Crippen MR) is 122 cm³/mol. The number of carbonyl (C=O) groups excluding carboxylic acids is 2. The van der Waals surface area contributed by atoms with E-state index in [1.807, 2.05) is 24.4 Å². The standard InChI is InChI=1S/C22H26N6O4S/c1-3-26(4-2)33(31,32)18-10-8-17(9-11-18)28-15-16(13-21(28)29)22(30)23-14-20-25-24-19-7-5-6-12-27(19)20/h5-12,16H,3-4,13-15H2,1-2H3,(H,23,30)/t16-/m0/s1. The summed E-state index contributed by atoms with van der Waals surface area (Å²) in [5, 5.41) is 11.0. The van der Waals surface area contributed by atoms with Crippen LogP contribution in [0.5, 0.6) is 0 Å². The van der Waals surface area contributed by atoms with E-state index in [0.717, 1.165) is 0 Å². The Balaban J connectivity index is 1.41. The van der Waals surface area contributed by atoms with Crippen molar-refractivity contribution in [2.24, 2.45) is 5.92 Å². The molecule has 2 amide bonds. The lowest BCUT2D eigenvalue weighted by molar-refractivity contribution is -0.126. The van der Waals surface area contributed by atoms with Crippen LogP contribution in [-0.4, -0.2) is 58.8 Å². The van der Waals surface area contributed by atoms with E-state index in [4.69, 9.17) is 0 Å². The molecule has 1 saturated heterocycles. The van der Waals surface area contributed by atoms with Crippen LogP contribution in [0.4, 0.5) is 5.69 Å². The molecule has 1 aromatic carbocycles. The van der Waals surface area contributed by atoms with Crippen LogP contribution in [0.1, 0.15) is 26.1 Å². The monoisotopic (exact) mass is 470 g/mol. The van der Waals surface area contributed by atoms with Crippen LogP contribution in [0.25, 0.3) is 5.65 Å². The average molecular weight is 471 g/mol. The van der Waals surface area contributed by atoms with Gasteiger partial charge in [-0.2, -0.15) is 4.31 Å². The molecule has 4 rings (SSSR count). The zero-order chi connectivity index (χ0) is 23.6. The number of nitrogens with one attached hydrogen (secondary N) is 1. The quantitative estimate of drug-likeness (QED) is 0.532. The van der Waals surface area contributed by atoms with Gasteiger partial charge in [0.1, 0.15) is 0 Å². The number of hydrogen-bond acceptors (Lipinski definition) is 6. The van der Waals surface area contributed by atoms with Gasteiger partial charge in [0, 0.05) is 37.9 Å². The number of aromatic nitrogens is 3. The zero-order valence-corrected chi connectivity index (χ0v) is 19.3. The Labute approximate surface area is 192 Å². The second-order valence-electron chi connectivity index (χ2n) is 7.75. The lowest BCUT2D eigenvalue weighted by atomic mass is 10.1. The summed E-state index contributed by atoms with van der Waals surface area (Å²) in [6, 6.07) is 11.8. The molecule has 0 bridgehead atoms. The molecule has 33 heavy (non-hydrogen) atoms. The maximum absolute atomic E-state index is 12.7. The number of sulfonamides is 1. The van der Waals surface area contributed by atoms with Crippen molar-refractivity contribution in [2.75, 3.05) is 24.5 Å². The molecule has 174 valence electrons. The fourth-order valence-corrected chi connectivity index (χ4v) is 5.42. The minimum atomic E-state index is -3.57. The van der Waals surface area contributed by atoms with Crippen molar-refractivity contribution in [2.45, 2.75) is 31.7 Å². The molecule has 1 aliphatic heterocycles. The molecule has 2 aromatic heterocycles. The van der Waals surface area contributed by atoms with Gasteiger partial charge in [-0.1, -0.05) is 19.9 Å². The number of rotatable bonds is 8. The molecule has 0 aliphatic carbocycles. The van der Waals surface area contributed by atoms with E-state index in [2.05, 4.69) is 15.5 Å². The Hall–Kier alpha value is -3.31. The van der Waals surface area contributed by atoms with Crippen molar-refractivity contribution >= 4 is 33.2 Å². The number of nitrogens with zero attached hydrogens (tertiary/aromatic N) is 5. The highest BCUT2D eigenvalue weighted by Gasteiger charge is 2.35. The highest BCUT2D eigenvalue weighted by atomic mass is 32.2. The van der Waals surface area contributed by atoms with Crippen LogP contribution in [0.3, 0.4) is 0 Å². The maximum Gasteiger partial charge on any atom is 0.243 e. The van der Waals surface area contributed by atoms with E-state index < -0.39 is 15.9 Å². The minimum Gasteiger partial charge on any atom is -0.348 e. The van der Waals surface area contributed by atoms with Crippen molar-refractivity contribution in [1.29, 1.82) is 0 Å². The van der Waals surface area contributed by atoms with Crippen molar-refractivity contribution in [3.05, 3.63) is 54.5 Å². The van der Waals surface area contributed by atoms with E-state index in [1.165, 1.54) is 21.3 Å².